The molecule has 164 valence electrons. The molecule has 0 nitrogen and oxygen atoms in total. The fourth-order valence-electron chi connectivity index (χ4n) is 5.91. The normalized spacial score (nSPS) is 20.5. The van der Waals surface area contributed by atoms with Crippen molar-refractivity contribution in [2.24, 2.45) is 17.3 Å². The second-order valence-corrected chi connectivity index (χ2v) is 11.7. The van der Waals surface area contributed by atoms with Crippen LogP contribution in [0.25, 0.3) is 0 Å². The Morgan fingerprint density at radius 2 is 1.87 bits per heavy atom. The largest absolute Gasteiger partial charge is 0.100 e. The van der Waals surface area contributed by atoms with E-state index in [2.05, 4.69) is 85.4 Å². The predicted molar refractivity (Wildman–Crippen MR) is 133 cm³/mol. The zero-order chi connectivity index (χ0) is 22.1. The smallest absolute Gasteiger partial charge is 0.00578 e. The van der Waals surface area contributed by atoms with Gasteiger partial charge in [0, 0.05) is 0 Å². The summed E-state index contributed by atoms with van der Waals surface area (Å²) < 4.78 is 0. The summed E-state index contributed by atoms with van der Waals surface area (Å²) in [5, 5.41) is 0. The van der Waals surface area contributed by atoms with Gasteiger partial charge < -0.3 is 0 Å². The Morgan fingerprint density at radius 1 is 1.17 bits per heavy atom. The molecule has 1 fully saturated rings. The Balaban J connectivity index is 1.95. The van der Waals surface area contributed by atoms with Crippen molar-refractivity contribution in [3.63, 3.8) is 0 Å². The van der Waals surface area contributed by atoms with Crippen LogP contribution in [0.2, 0.25) is 0 Å². The molecular weight excluding hydrogens is 360 g/mol. The van der Waals surface area contributed by atoms with E-state index in [1.165, 1.54) is 36.0 Å². The number of hydrogen-bond acceptors (Lipinski definition) is 0. The maximum absolute atomic E-state index is 4.15. The van der Waals surface area contributed by atoms with Gasteiger partial charge in [0.25, 0.3) is 0 Å². The van der Waals surface area contributed by atoms with Gasteiger partial charge in [0.15, 0.2) is 0 Å². The molecule has 1 saturated carbocycles. The lowest BCUT2D eigenvalue weighted by molar-refractivity contribution is 0.0678. The molecule has 0 amide bonds. The minimum atomic E-state index is 0.533. The number of allylic oxidation sites excluding steroid dienone is 5. The maximum atomic E-state index is 4.15. The van der Waals surface area contributed by atoms with Gasteiger partial charge in [0.2, 0.25) is 0 Å². The van der Waals surface area contributed by atoms with Gasteiger partial charge in [-0.3, -0.25) is 0 Å². The molecule has 1 aromatic carbocycles. The molecule has 1 aromatic rings. The van der Waals surface area contributed by atoms with E-state index in [4.69, 9.17) is 0 Å². The van der Waals surface area contributed by atoms with Crippen LogP contribution >= 0.6 is 0 Å². The van der Waals surface area contributed by atoms with Crippen LogP contribution in [0.15, 0.2) is 53.6 Å². The highest BCUT2D eigenvalue weighted by molar-refractivity contribution is 5.42. The van der Waals surface area contributed by atoms with E-state index in [1.807, 2.05) is 0 Å². The zero-order valence-electron chi connectivity index (χ0n) is 20.6. The summed E-state index contributed by atoms with van der Waals surface area (Å²) in [5.41, 5.74) is 9.53. The van der Waals surface area contributed by atoms with Crippen molar-refractivity contribution >= 4 is 0 Å². The molecule has 0 spiro atoms. The molecule has 0 saturated heterocycles. The van der Waals surface area contributed by atoms with Crippen molar-refractivity contribution in [1.82, 2.24) is 0 Å². The predicted octanol–water partition coefficient (Wildman–Crippen LogP) is 9.14. The minimum absolute atomic E-state index is 0.533. The lowest BCUT2D eigenvalue weighted by Gasteiger charge is -2.47. The first-order valence-corrected chi connectivity index (χ1v) is 12.2. The van der Waals surface area contributed by atoms with E-state index < -0.39 is 0 Å². The summed E-state index contributed by atoms with van der Waals surface area (Å²) in [6.07, 6.45) is 12.2. The van der Waals surface area contributed by atoms with Crippen molar-refractivity contribution < 1.29 is 0 Å². The first-order valence-electron chi connectivity index (χ1n) is 12.2. The molecule has 0 radical (unpaired) electrons. The summed E-state index contributed by atoms with van der Waals surface area (Å²) in [5.74, 6) is 2.83. The highest BCUT2D eigenvalue weighted by Crippen LogP contribution is 2.53. The lowest BCUT2D eigenvalue weighted by Crippen LogP contribution is -2.36. The van der Waals surface area contributed by atoms with Gasteiger partial charge in [-0.2, -0.15) is 0 Å². The molecule has 0 heteroatoms. The van der Waals surface area contributed by atoms with Gasteiger partial charge in [0.1, 0.15) is 0 Å². The Labute approximate surface area is 186 Å². The van der Waals surface area contributed by atoms with Gasteiger partial charge in [-0.1, -0.05) is 81.7 Å². The average molecular weight is 405 g/mol. The molecule has 2 aliphatic carbocycles. The van der Waals surface area contributed by atoms with Crippen LogP contribution in [-0.4, -0.2) is 0 Å². The number of benzene rings is 1. The highest BCUT2D eigenvalue weighted by atomic mass is 14.5. The van der Waals surface area contributed by atoms with E-state index in [-0.39, 0.29) is 0 Å². The maximum Gasteiger partial charge on any atom is -0.00578 e. The van der Waals surface area contributed by atoms with Gasteiger partial charge in [-0.25, -0.2) is 0 Å². The van der Waals surface area contributed by atoms with Crippen molar-refractivity contribution in [3.05, 3.63) is 70.3 Å². The topological polar surface area (TPSA) is 0 Å². The molecule has 0 aromatic heterocycles. The standard InChI is InChI=1S/C30H44/c1-20(2)13-23(6)25-11-12-28(26(17-25)16-24-10-9-22(5)15-24)29(14-21(3)4)27-18-30(7,8)19-27/h9,11-12,15,17,21,23,27,29H,1,10,13-14,16,18-19H2,2-8H3/t23-,29?/m1/s1. The summed E-state index contributed by atoms with van der Waals surface area (Å²) in [4.78, 5) is 0. The molecule has 0 heterocycles. The number of hydrogen-bond donors (Lipinski definition) is 0. The van der Waals surface area contributed by atoms with Gasteiger partial charge in [-0.05, 0) is 98.1 Å². The average Bonchev–Trinajstić information content (AvgIpc) is 3.02. The summed E-state index contributed by atoms with van der Waals surface area (Å²) in [6, 6.07) is 7.48. The second kappa shape index (κ2) is 9.29. The molecule has 30 heavy (non-hydrogen) atoms. The summed E-state index contributed by atoms with van der Waals surface area (Å²) >= 11 is 0. The SMILES string of the molecule is C=C(C)C[C@@H](C)c1ccc(C(CC(C)C)C2CC(C)(C)C2)c(CC2=CC(C)=CC2)c1. The fourth-order valence-corrected chi connectivity index (χ4v) is 5.91. The summed E-state index contributed by atoms with van der Waals surface area (Å²) in [6.45, 7) is 20.6. The molecule has 0 aliphatic heterocycles. The zero-order valence-corrected chi connectivity index (χ0v) is 20.6. The molecule has 1 unspecified atom stereocenters. The van der Waals surface area contributed by atoms with Crippen molar-refractivity contribution in [2.75, 3.05) is 0 Å². The van der Waals surface area contributed by atoms with Gasteiger partial charge >= 0.3 is 0 Å². The second-order valence-electron chi connectivity index (χ2n) is 11.7. The van der Waals surface area contributed by atoms with Crippen LogP contribution in [-0.2, 0) is 6.42 Å². The van der Waals surface area contributed by atoms with Gasteiger partial charge in [-0.15, -0.1) is 6.58 Å². The third kappa shape index (κ3) is 5.77. The molecule has 0 bridgehead atoms. The Kier molecular flexibility index (Phi) is 7.16. The molecular formula is C30H44. The lowest BCUT2D eigenvalue weighted by atomic mass is 9.57. The quantitative estimate of drug-likeness (QED) is 0.360. The van der Waals surface area contributed by atoms with Crippen LogP contribution in [0.4, 0.5) is 0 Å². The van der Waals surface area contributed by atoms with Crippen LogP contribution in [0.3, 0.4) is 0 Å². The minimum Gasteiger partial charge on any atom is -0.100 e. The van der Waals surface area contributed by atoms with Crippen molar-refractivity contribution in [2.45, 2.75) is 98.8 Å². The van der Waals surface area contributed by atoms with E-state index in [0.717, 1.165) is 31.1 Å². The Morgan fingerprint density at radius 3 is 2.40 bits per heavy atom. The van der Waals surface area contributed by atoms with Crippen LogP contribution in [0.5, 0.6) is 0 Å². The molecule has 2 aliphatic rings. The highest BCUT2D eigenvalue weighted by Gasteiger charge is 2.41. The molecule has 2 atom stereocenters. The third-order valence-corrected chi connectivity index (χ3v) is 7.25. The van der Waals surface area contributed by atoms with Crippen molar-refractivity contribution in [1.29, 1.82) is 0 Å². The van der Waals surface area contributed by atoms with E-state index in [1.54, 1.807) is 16.7 Å². The Bertz CT molecular complexity index is 822. The van der Waals surface area contributed by atoms with Crippen LogP contribution in [0.1, 0.15) is 109 Å². The van der Waals surface area contributed by atoms with E-state index in [0.29, 0.717) is 17.3 Å². The third-order valence-electron chi connectivity index (χ3n) is 7.25. The summed E-state index contributed by atoms with van der Waals surface area (Å²) in [7, 11) is 0. The molecule has 0 N–H and O–H groups in total. The van der Waals surface area contributed by atoms with E-state index in [9.17, 15) is 0 Å². The van der Waals surface area contributed by atoms with Crippen molar-refractivity contribution in [3.8, 4) is 0 Å². The van der Waals surface area contributed by atoms with Gasteiger partial charge in [0.05, 0.1) is 0 Å². The Hall–Kier alpha value is -1.56. The van der Waals surface area contributed by atoms with Crippen LogP contribution < -0.4 is 0 Å². The monoisotopic (exact) mass is 404 g/mol. The number of rotatable bonds is 9. The first-order chi connectivity index (χ1) is 14.0. The van der Waals surface area contributed by atoms with E-state index >= 15 is 0 Å². The van der Waals surface area contributed by atoms with Crippen LogP contribution in [0, 0.1) is 17.3 Å². The first kappa shape index (κ1) is 23.1. The molecule has 3 rings (SSSR count). The fraction of sp³-hybridized carbons (Fsp3) is 0.600.